The number of thiophene rings is 1. The first kappa shape index (κ1) is 13.7. The Hall–Kier alpha value is -1.36. The Balaban J connectivity index is 2.19. The summed E-state index contributed by atoms with van der Waals surface area (Å²) in [6.07, 6.45) is 0.326. The zero-order valence-corrected chi connectivity index (χ0v) is 10.9. The summed E-state index contributed by atoms with van der Waals surface area (Å²) in [4.78, 5) is 24.8. The lowest BCUT2D eigenvalue weighted by Crippen LogP contribution is -2.23. The molecule has 0 aliphatic rings. The molecule has 4 nitrogen and oxygen atoms in total. The van der Waals surface area contributed by atoms with Gasteiger partial charge in [-0.25, -0.2) is 0 Å². The second-order valence-corrected chi connectivity index (χ2v) is 4.97. The lowest BCUT2D eigenvalue weighted by molar-refractivity contribution is -0.144. The summed E-state index contributed by atoms with van der Waals surface area (Å²) in [6.45, 7) is 4.66. The SMILES string of the molecule is CCOC(=O)CCC(=O)NCc1ccc(C)s1. The molecule has 1 rings (SSSR count). The van der Waals surface area contributed by atoms with E-state index in [0.717, 1.165) is 4.88 Å². The molecule has 1 aromatic heterocycles. The van der Waals surface area contributed by atoms with E-state index in [2.05, 4.69) is 5.32 Å². The van der Waals surface area contributed by atoms with E-state index in [9.17, 15) is 9.59 Å². The highest BCUT2D eigenvalue weighted by atomic mass is 32.1. The molecule has 1 N–H and O–H groups in total. The molecule has 1 aromatic rings. The molecule has 1 amide bonds. The summed E-state index contributed by atoms with van der Waals surface area (Å²) in [5.41, 5.74) is 0. The molecule has 0 unspecified atom stereocenters. The normalized spacial score (nSPS) is 10.0. The van der Waals surface area contributed by atoms with E-state index in [1.807, 2.05) is 19.1 Å². The lowest BCUT2D eigenvalue weighted by atomic mass is 10.3. The number of hydrogen-bond acceptors (Lipinski definition) is 4. The molecule has 0 aliphatic carbocycles. The largest absolute Gasteiger partial charge is 0.466 e. The van der Waals surface area contributed by atoms with Crippen LogP contribution in [0.4, 0.5) is 0 Å². The highest BCUT2D eigenvalue weighted by molar-refractivity contribution is 7.11. The Labute approximate surface area is 105 Å². The van der Waals surface area contributed by atoms with Crippen LogP contribution in [-0.2, 0) is 20.9 Å². The van der Waals surface area contributed by atoms with Crippen molar-refractivity contribution in [2.75, 3.05) is 6.61 Å². The monoisotopic (exact) mass is 255 g/mol. The van der Waals surface area contributed by atoms with Crippen LogP contribution in [0.25, 0.3) is 0 Å². The van der Waals surface area contributed by atoms with Crippen LogP contribution in [0.15, 0.2) is 12.1 Å². The third kappa shape index (κ3) is 5.49. The van der Waals surface area contributed by atoms with Crippen LogP contribution < -0.4 is 5.32 Å². The molecule has 94 valence electrons. The Bertz CT molecular complexity index is 387. The second-order valence-electron chi connectivity index (χ2n) is 3.59. The Morgan fingerprint density at radius 2 is 2.12 bits per heavy atom. The van der Waals surface area contributed by atoms with Gasteiger partial charge in [0.2, 0.25) is 5.91 Å². The predicted molar refractivity (Wildman–Crippen MR) is 66.8 cm³/mol. The standard InChI is InChI=1S/C12H17NO3S/c1-3-16-12(15)7-6-11(14)13-8-10-5-4-9(2)17-10/h4-5H,3,6-8H2,1-2H3,(H,13,14). The topological polar surface area (TPSA) is 55.4 Å². The van der Waals surface area contributed by atoms with E-state index < -0.39 is 0 Å². The van der Waals surface area contributed by atoms with Crippen LogP contribution >= 0.6 is 11.3 Å². The number of nitrogens with one attached hydrogen (secondary N) is 1. The number of esters is 1. The fraction of sp³-hybridized carbons (Fsp3) is 0.500. The molecule has 0 aliphatic heterocycles. The molecule has 0 saturated heterocycles. The number of ether oxygens (including phenoxy) is 1. The summed E-state index contributed by atoms with van der Waals surface area (Å²) < 4.78 is 4.74. The van der Waals surface area contributed by atoms with Gasteiger partial charge in [0.1, 0.15) is 0 Å². The van der Waals surface area contributed by atoms with Crippen LogP contribution in [0.1, 0.15) is 29.5 Å². The molecule has 1 heterocycles. The zero-order chi connectivity index (χ0) is 12.7. The maximum atomic E-state index is 11.4. The summed E-state index contributed by atoms with van der Waals surface area (Å²) in [6, 6.07) is 4.01. The minimum Gasteiger partial charge on any atom is -0.466 e. The number of hydrogen-bond donors (Lipinski definition) is 1. The molecule has 0 saturated carbocycles. The van der Waals surface area contributed by atoms with Gasteiger partial charge in [-0.3, -0.25) is 9.59 Å². The average molecular weight is 255 g/mol. The summed E-state index contributed by atoms with van der Waals surface area (Å²) in [7, 11) is 0. The van der Waals surface area contributed by atoms with Gasteiger partial charge in [-0.15, -0.1) is 11.3 Å². The highest BCUT2D eigenvalue weighted by Crippen LogP contribution is 2.14. The van der Waals surface area contributed by atoms with Crippen molar-refractivity contribution in [1.29, 1.82) is 0 Å². The van der Waals surface area contributed by atoms with Gasteiger partial charge >= 0.3 is 5.97 Å². The fourth-order valence-electron chi connectivity index (χ4n) is 1.30. The second kappa shape index (κ2) is 7.06. The maximum Gasteiger partial charge on any atom is 0.306 e. The molecule has 0 aromatic carbocycles. The minimum absolute atomic E-state index is 0.121. The van der Waals surface area contributed by atoms with Gasteiger partial charge in [-0.2, -0.15) is 0 Å². The van der Waals surface area contributed by atoms with E-state index in [-0.39, 0.29) is 24.7 Å². The van der Waals surface area contributed by atoms with E-state index >= 15 is 0 Å². The van der Waals surface area contributed by atoms with Crippen molar-refractivity contribution >= 4 is 23.2 Å². The zero-order valence-electron chi connectivity index (χ0n) is 10.1. The smallest absolute Gasteiger partial charge is 0.306 e. The van der Waals surface area contributed by atoms with Gasteiger partial charge in [-0.05, 0) is 26.0 Å². The van der Waals surface area contributed by atoms with Gasteiger partial charge in [-0.1, -0.05) is 0 Å². The van der Waals surface area contributed by atoms with Crippen LogP contribution in [0.3, 0.4) is 0 Å². The molecular weight excluding hydrogens is 238 g/mol. The van der Waals surface area contributed by atoms with Crippen molar-refractivity contribution in [3.63, 3.8) is 0 Å². The molecule has 0 radical (unpaired) electrons. The third-order valence-electron chi connectivity index (χ3n) is 2.12. The first-order valence-electron chi connectivity index (χ1n) is 5.59. The quantitative estimate of drug-likeness (QED) is 0.791. The molecule has 0 spiro atoms. The minimum atomic E-state index is -0.324. The number of carbonyl (C=O) groups excluding carboxylic acids is 2. The van der Waals surface area contributed by atoms with Crippen molar-refractivity contribution in [2.24, 2.45) is 0 Å². The van der Waals surface area contributed by atoms with Crippen LogP contribution in [-0.4, -0.2) is 18.5 Å². The van der Waals surface area contributed by atoms with Crippen LogP contribution in [0.2, 0.25) is 0 Å². The fourth-order valence-corrected chi connectivity index (χ4v) is 2.13. The van der Waals surface area contributed by atoms with E-state index in [4.69, 9.17) is 4.74 Å². The van der Waals surface area contributed by atoms with Gasteiger partial charge in [0, 0.05) is 16.2 Å². The van der Waals surface area contributed by atoms with E-state index in [1.54, 1.807) is 18.3 Å². The first-order chi connectivity index (χ1) is 8.11. The molecule has 5 heteroatoms. The summed E-state index contributed by atoms with van der Waals surface area (Å²) in [5, 5.41) is 2.77. The summed E-state index contributed by atoms with van der Waals surface area (Å²) in [5.74, 6) is -0.446. The van der Waals surface area contributed by atoms with Gasteiger partial charge in [0.05, 0.1) is 19.6 Å². The Morgan fingerprint density at radius 3 is 2.71 bits per heavy atom. The van der Waals surface area contributed by atoms with Crippen LogP contribution in [0.5, 0.6) is 0 Å². The van der Waals surface area contributed by atoms with Crippen LogP contribution in [0, 0.1) is 6.92 Å². The Morgan fingerprint density at radius 1 is 1.35 bits per heavy atom. The molecule has 0 bridgehead atoms. The van der Waals surface area contributed by atoms with Crippen molar-refractivity contribution < 1.29 is 14.3 Å². The number of amides is 1. The maximum absolute atomic E-state index is 11.4. The predicted octanol–water partition coefficient (Wildman–Crippen LogP) is 2.02. The van der Waals surface area contributed by atoms with Crippen molar-refractivity contribution in [3.05, 3.63) is 21.9 Å². The lowest BCUT2D eigenvalue weighted by Gasteiger charge is -2.03. The van der Waals surface area contributed by atoms with E-state index in [0.29, 0.717) is 13.2 Å². The van der Waals surface area contributed by atoms with Gasteiger partial charge < -0.3 is 10.1 Å². The van der Waals surface area contributed by atoms with Gasteiger partial charge in [0.15, 0.2) is 0 Å². The van der Waals surface area contributed by atoms with Crippen molar-refractivity contribution in [3.8, 4) is 0 Å². The van der Waals surface area contributed by atoms with Crippen molar-refractivity contribution in [2.45, 2.75) is 33.2 Å². The molecule has 0 atom stereocenters. The molecule has 0 fully saturated rings. The first-order valence-corrected chi connectivity index (χ1v) is 6.41. The number of rotatable bonds is 6. The highest BCUT2D eigenvalue weighted by Gasteiger charge is 2.07. The third-order valence-corrected chi connectivity index (χ3v) is 3.12. The Kier molecular flexibility index (Phi) is 5.69. The van der Waals surface area contributed by atoms with E-state index in [1.165, 1.54) is 4.88 Å². The van der Waals surface area contributed by atoms with Crippen molar-refractivity contribution in [1.82, 2.24) is 5.32 Å². The number of carbonyl (C=O) groups is 2. The molecule has 17 heavy (non-hydrogen) atoms. The molecular formula is C12H17NO3S. The van der Waals surface area contributed by atoms with Gasteiger partial charge in [0.25, 0.3) is 0 Å². The number of aryl methyl sites for hydroxylation is 1. The average Bonchev–Trinajstić information content (AvgIpc) is 2.70. The summed E-state index contributed by atoms with van der Waals surface area (Å²) >= 11 is 1.66.